The first-order valence-corrected chi connectivity index (χ1v) is 6.09. The molecule has 1 unspecified atom stereocenters. The van der Waals surface area contributed by atoms with Crippen LogP contribution >= 0.6 is 0 Å². The summed E-state index contributed by atoms with van der Waals surface area (Å²) in [6.45, 7) is 0.359. The van der Waals surface area contributed by atoms with Gasteiger partial charge in [-0.2, -0.15) is 5.26 Å². The lowest BCUT2D eigenvalue weighted by Crippen LogP contribution is -2.13. The Morgan fingerprint density at radius 1 is 1.30 bits per heavy atom. The molecule has 0 saturated heterocycles. The molecular weight excluding hydrogens is 259 g/mol. The Morgan fingerprint density at radius 3 is 2.90 bits per heavy atom. The molecule has 0 fully saturated rings. The SMILES string of the molecule is N#Cc1ccc(NC2COc3cc(O)ccc32)c(F)c1. The van der Waals surface area contributed by atoms with Crippen molar-refractivity contribution in [1.82, 2.24) is 0 Å². The summed E-state index contributed by atoms with van der Waals surface area (Å²) >= 11 is 0. The minimum atomic E-state index is -0.476. The minimum absolute atomic E-state index is 0.133. The van der Waals surface area contributed by atoms with Gasteiger partial charge in [-0.3, -0.25) is 0 Å². The zero-order chi connectivity index (χ0) is 14.1. The van der Waals surface area contributed by atoms with Gasteiger partial charge >= 0.3 is 0 Å². The number of hydrogen-bond acceptors (Lipinski definition) is 4. The summed E-state index contributed by atoms with van der Waals surface area (Å²) in [5, 5.41) is 21.1. The maximum atomic E-state index is 13.8. The number of rotatable bonds is 2. The Hall–Kier alpha value is -2.74. The number of aromatic hydroxyl groups is 1. The lowest BCUT2D eigenvalue weighted by molar-refractivity contribution is 0.338. The molecule has 2 aromatic rings. The fourth-order valence-electron chi connectivity index (χ4n) is 2.21. The molecular formula is C15H11FN2O2. The molecule has 100 valence electrons. The van der Waals surface area contributed by atoms with Crippen molar-refractivity contribution in [3.63, 3.8) is 0 Å². The topological polar surface area (TPSA) is 65.3 Å². The molecule has 0 aliphatic carbocycles. The first kappa shape index (κ1) is 12.3. The van der Waals surface area contributed by atoms with Crippen LogP contribution in [0.1, 0.15) is 17.2 Å². The number of phenols is 1. The van der Waals surface area contributed by atoms with E-state index in [2.05, 4.69) is 5.32 Å². The zero-order valence-electron chi connectivity index (χ0n) is 10.4. The van der Waals surface area contributed by atoms with Crippen molar-refractivity contribution in [3.05, 3.63) is 53.3 Å². The maximum absolute atomic E-state index is 13.8. The van der Waals surface area contributed by atoms with Crippen molar-refractivity contribution < 1.29 is 14.2 Å². The van der Waals surface area contributed by atoms with Crippen LogP contribution < -0.4 is 10.1 Å². The van der Waals surface area contributed by atoms with Gasteiger partial charge in [-0.05, 0) is 30.3 Å². The van der Waals surface area contributed by atoms with Crippen molar-refractivity contribution in [2.45, 2.75) is 6.04 Å². The number of benzene rings is 2. The number of anilines is 1. The monoisotopic (exact) mass is 270 g/mol. The van der Waals surface area contributed by atoms with Gasteiger partial charge in [-0.15, -0.1) is 0 Å². The van der Waals surface area contributed by atoms with Crippen LogP contribution in [-0.2, 0) is 0 Å². The fourth-order valence-corrected chi connectivity index (χ4v) is 2.21. The van der Waals surface area contributed by atoms with Crippen molar-refractivity contribution in [2.24, 2.45) is 0 Å². The molecule has 2 aromatic carbocycles. The highest BCUT2D eigenvalue weighted by molar-refractivity contribution is 5.53. The molecule has 0 aromatic heterocycles. The van der Waals surface area contributed by atoms with E-state index in [9.17, 15) is 9.50 Å². The smallest absolute Gasteiger partial charge is 0.147 e. The van der Waals surface area contributed by atoms with Crippen LogP contribution in [0.5, 0.6) is 11.5 Å². The number of hydrogen-bond donors (Lipinski definition) is 2. The number of nitrogens with one attached hydrogen (secondary N) is 1. The lowest BCUT2D eigenvalue weighted by Gasteiger charge is -2.14. The molecule has 0 spiro atoms. The fraction of sp³-hybridized carbons (Fsp3) is 0.133. The van der Waals surface area contributed by atoms with Crippen molar-refractivity contribution in [1.29, 1.82) is 5.26 Å². The highest BCUT2D eigenvalue weighted by Gasteiger charge is 2.25. The standard InChI is InChI=1S/C15H11FN2O2/c16-12-5-9(7-17)1-4-13(12)18-14-8-20-15-6-10(19)2-3-11(14)15/h1-6,14,18-19H,8H2. The average Bonchev–Trinajstić information content (AvgIpc) is 2.83. The van der Waals surface area contributed by atoms with E-state index in [1.165, 1.54) is 18.2 Å². The summed E-state index contributed by atoms with van der Waals surface area (Å²) in [5.41, 5.74) is 1.46. The van der Waals surface area contributed by atoms with E-state index in [0.717, 1.165) is 5.56 Å². The predicted molar refractivity (Wildman–Crippen MR) is 71.1 cm³/mol. The molecule has 1 heterocycles. The maximum Gasteiger partial charge on any atom is 0.147 e. The molecule has 4 nitrogen and oxygen atoms in total. The van der Waals surface area contributed by atoms with Crippen LogP contribution in [0, 0.1) is 17.1 Å². The van der Waals surface area contributed by atoms with Gasteiger partial charge in [0.25, 0.3) is 0 Å². The minimum Gasteiger partial charge on any atom is -0.508 e. The van der Waals surface area contributed by atoms with Gasteiger partial charge in [0.1, 0.15) is 23.9 Å². The molecule has 1 aliphatic heterocycles. The van der Waals surface area contributed by atoms with Crippen LogP contribution in [0.25, 0.3) is 0 Å². The van der Waals surface area contributed by atoms with Gasteiger partial charge in [0, 0.05) is 11.6 Å². The van der Waals surface area contributed by atoms with E-state index in [0.29, 0.717) is 18.0 Å². The Morgan fingerprint density at radius 2 is 2.15 bits per heavy atom. The second-order valence-corrected chi connectivity index (χ2v) is 4.54. The third-order valence-electron chi connectivity index (χ3n) is 3.21. The Labute approximate surface area is 115 Å². The molecule has 0 saturated carbocycles. The second-order valence-electron chi connectivity index (χ2n) is 4.54. The van der Waals surface area contributed by atoms with Crippen molar-refractivity contribution in [2.75, 3.05) is 11.9 Å². The Bertz CT molecular complexity index is 710. The number of phenolic OH excluding ortho intramolecular Hbond substituents is 1. The lowest BCUT2D eigenvalue weighted by atomic mass is 10.1. The summed E-state index contributed by atoms with van der Waals surface area (Å²) in [6, 6.07) is 10.8. The van der Waals surface area contributed by atoms with Gasteiger partial charge in [-0.25, -0.2) is 4.39 Å². The molecule has 0 bridgehead atoms. The zero-order valence-corrected chi connectivity index (χ0v) is 10.4. The number of ether oxygens (including phenoxy) is 1. The number of halogens is 1. The number of nitrogens with zero attached hydrogens (tertiary/aromatic N) is 1. The molecule has 1 aliphatic rings. The van der Waals surface area contributed by atoms with Crippen LogP contribution in [0.15, 0.2) is 36.4 Å². The third-order valence-corrected chi connectivity index (χ3v) is 3.21. The highest BCUT2D eigenvalue weighted by Crippen LogP contribution is 2.37. The van der Waals surface area contributed by atoms with Crippen LogP contribution in [0.3, 0.4) is 0 Å². The van der Waals surface area contributed by atoms with E-state index in [-0.39, 0.29) is 17.4 Å². The van der Waals surface area contributed by atoms with Crippen LogP contribution in [0.2, 0.25) is 0 Å². The summed E-state index contributed by atoms with van der Waals surface area (Å²) in [5.74, 6) is 0.252. The van der Waals surface area contributed by atoms with Gasteiger partial charge in [0.2, 0.25) is 0 Å². The number of nitriles is 1. The molecule has 0 amide bonds. The average molecular weight is 270 g/mol. The van der Waals surface area contributed by atoms with E-state index in [1.54, 1.807) is 18.2 Å². The first-order valence-electron chi connectivity index (χ1n) is 6.09. The number of fused-ring (bicyclic) bond motifs is 1. The van der Waals surface area contributed by atoms with E-state index < -0.39 is 5.82 Å². The summed E-state index contributed by atoms with van der Waals surface area (Å²) < 4.78 is 19.3. The Balaban J connectivity index is 1.86. The van der Waals surface area contributed by atoms with Crippen LogP contribution in [-0.4, -0.2) is 11.7 Å². The largest absolute Gasteiger partial charge is 0.508 e. The van der Waals surface area contributed by atoms with E-state index in [1.807, 2.05) is 6.07 Å². The predicted octanol–water partition coefficient (Wildman–Crippen LogP) is 2.95. The molecule has 5 heteroatoms. The van der Waals surface area contributed by atoms with Gasteiger partial charge in [-0.1, -0.05) is 0 Å². The quantitative estimate of drug-likeness (QED) is 0.880. The van der Waals surface area contributed by atoms with Crippen molar-refractivity contribution in [3.8, 4) is 17.6 Å². The van der Waals surface area contributed by atoms with Gasteiger partial charge < -0.3 is 15.2 Å². The molecule has 3 rings (SSSR count). The summed E-state index contributed by atoms with van der Waals surface area (Å²) in [6.07, 6.45) is 0. The Kier molecular flexibility index (Phi) is 2.92. The molecule has 2 N–H and O–H groups in total. The third kappa shape index (κ3) is 2.12. The normalized spacial score (nSPS) is 16.1. The second kappa shape index (κ2) is 4.74. The van der Waals surface area contributed by atoms with E-state index >= 15 is 0 Å². The van der Waals surface area contributed by atoms with Gasteiger partial charge in [0.05, 0.1) is 23.4 Å². The summed E-state index contributed by atoms with van der Waals surface area (Å²) in [4.78, 5) is 0. The highest BCUT2D eigenvalue weighted by atomic mass is 19.1. The molecule has 1 atom stereocenters. The van der Waals surface area contributed by atoms with Crippen molar-refractivity contribution >= 4 is 5.69 Å². The summed E-state index contributed by atoms with van der Waals surface area (Å²) in [7, 11) is 0. The van der Waals surface area contributed by atoms with E-state index in [4.69, 9.17) is 10.00 Å². The first-order chi connectivity index (χ1) is 9.67. The molecule has 0 radical (unpaired) electrons. The van der Waals surface area contributed by atoms with Crippen LogP contribution in [0.4, 0.5) is 10.1 Å². The molecule has 20 heavy (non-hydrogen) atoms. The van der Waals surface area contributed by atoms with Gasteiger partial charge in [0.15, 0.2) is 0 Å².